The number of carbonyl (C=O) groups is 1. The molecule has 4 rings (SSSR count). The van der Waals surface area contributed by atoms with E-state index in [-0.39, 0.29) is 71.0 Å². The van der Waals surface area contributed by atoms with Gasteiger partial charge in [0.1, 0.15) is 33.4 Å². The Balaban J connectivity index is 1.61. The van der Waals surface area contributed by atoms with Crippen LogP contribution in [0.3, 0.4) is 0 Å². The van der Waals surface area contributed by atoms with E-state index in [1.807, 2.05) is 0 Å². The lowest BCUT2D eigenvalue weighted by Crippen LogP contribution is -2.70. The number of anilines is 1. The minimum atomic E-state index is -4.61. The van der Waals surface area contributed by atoms with E-state index in [2.05, 4.69) is 14.3 Å². The van der Waals surface area contributed by atoms with Crippen LogP contribution in [-0.2, 0) is 30.2 Å². The van der Waals surface area contributed by atoms with Gasteiger partial charge in [0.25, 0.3) is 15.7 Å². The average Bonchev–Trinajstić information content (AvgIpc) is 3.05. The molecule has 20 heteroatoms. The van der Waals surface area contributed by atoms with Crippen LogP contribution in [0.4, 0.5) is 30.6 Å². The fourth-order valence-corrected chi connectivity index (χ4v) is 8.01. The molecule has 0 aliphatic carbocycles. The monoisotopic (exact) mass is 796 g/mol. The second kappa shape index (κ2) is 16.9. The molecule has 0 saturated heterocycles. The van der Waals surface area contributed by atoms with Crippen LogP contribution in [0.2, 0.25) is 5.28 Å². The molecule has 53 heavy (non-hydrogen) atoms. The fraction of sp³-hybridized carbons (Fsp3) is 0.303. The second-order valence-corrected chi connectivity index (χ2v) is 17.1. The number of nitro groups is 1. The van der Waals surface area contributed by atoms with Crippen LogP contribution in [-0.4, -0.2) is 58.6 Å². The molecule has 4 aromatic rings. The van der Waals surface area contributed by atoms with Crippen LogP contribution < -0.4 is 14.5 Å². The molecule has 1 aromatic heterocycles. The maximum Gasteiger partial charge on any atom is 0.442 e. The second-order valence-electron chi connectivity index (χ2n) is 12.6. The van der Waals surface area contributed by atoms with E-state index in [0.29, 0.717) is 5.48 Å². The minimum absolute atomic E-state index is 0.0228. The lowest BCUT2D eigenvalue weighted by molar-refractivity contribution is -0.499. The third-order valence-corrected chi connectivity index (χ3v) is 10.6. The van der Waals surface area contributed by atoms with Gasteiger partial charge in [-0.15, -0.1) is 4.36 Å². The minimum Gasteiger partial charge on any atom is -0.630 e. The molecule has 1 amide bonds. The van der Waals surface area contributed by atoms with Gasteiger partial charge in [0.2, 0.25) is 5.28 Å². The molecule has 0 bridgehead atoms. The normalized spacial score (nSPS) is 12.8. The Bertz CT molecular complexity index is 2250. The number of carbonyl (C=O) groups excluding carboxylic acids is 1. The van der Waals surface area contributed by atoms with Crippen LogP contribution in [0, 0.1) is 27.0 Å². The molecular formula is C33H35ClF2N6O9S2. The van der Waals surface area contributed by atoms with Gasteiger partial charge in [0.15, 0.2) is 5.82 Å². The van der Waals surface area contributed by atoms with E-state index < -0.39 is 58.6 Å². The highest BCUT2D eigenvalue weighted by Gasteiger charge is 2.31. The summed E-state index contributed by atoms with van der Waals surface area (Å²) in [7, 11) is -7.84. The van der Waals surface area contributed by atoms with Crippen molar-refractivity contribution in [1.29, 1.82) is 0 Å². The summed E-state index contributed by atoms with van der Waals surface area (Å²) in [5, 5.41) is 23.2. The summed E-state index contributed by atoms with van der Waals surface area (Å²) in [6.07, 6.45) is 1.13. The number of nitrogens with two attached hydrogens (primary N) is 1. The molecule has 1 atom stereocenters. The predicted molar refractivity (Wildman–Crippen MR) is 193 cm³/mol. The average molecular weight is 797 g/mol. The van der Waals surface area contributed by atoms with Gasteiger partial charge >= 0.3 is 6.09 Å². The summed E-state index contributed by atoms with van der Waals surface area (Å²) in [6.45, 7) is 4.40. The van der Waals surface area contributed by atoms with Gasteiger partial charge < -0.3 is 20.2 Å². The van der Waals surface area contributed by atoms with Crippen molar-refractivity contribution < 1.29 is 46.1 Å². The van der Waals surface area contributed by atoms with Crippen molar-refractivity contribution >= 4 is 54.5 Å². The van der Waals surface area contributed by atoms with Crippen molar-refractivity contribution in [3.8, 4) is 17.0 Å². The number of hydrogen-bond donors (Lipinski definition) is 1. The number of rotatable bonds is 14. The first-order chi connectivity index (χ1) is 24.8. The molecule has 1 heterocycles. The van der Waals surface area contributed by atoms with Crippen LogP contribution in [0.25, 0.3) is 11.3 Å². The number of hydrogen-bond acceptors (Lipinski definition) is 11. The Morgan fingerprint density at radius 1 is 1.08 bits per heavy atom. The summed E-state index contributed by atoms with van der Waals surface area (Å²) in [4.78, 5) is 30.2. The van der Waals surface area contributed by atoms with E-state index in [1.54, 1.807) is 20.8 Å². The van der Waals surface area contributed by atoms with Gasteiger partial charge in [0.05, 0.1) is 45.0 Å². The van der Waals surface area contributed by atoms with Crippen molar-refractivity contribution in [1.82, 2.24) is 9.97 Å². The Morgan fingerprint density at radius 2 is 1.79 bits per heavy atom. The maximum absolute atomic E-state index is 15.0. The standard InChI is InChI=1S/C33H35ClF2N6O9S2/c1-33(2,3)51-32(43)40-52(4,47)20-21-15-23(42(45)46)18-24(16-21)50-14-8-7-13-41(53(48,49)29-10-6-5-9-27(29)39-44)28-17-22(35)11-12-25(28)30-26(36)19-37-31(34)38-30/h5-6,9-12,15-19H,7-8,13-14,20,39H2,1-4H3. The number of aromatic nitrogens is 2. The molecule has 0 aliphatic rings. The SMILES string of the molecule is CC(C)(C)OC(=O)N=S(C)(=O)Cc1cc(OCCCCN(c2cc(F)ccc2-c2nc(Cl)ncc2F)S(=O)(=O)c2ccccc2[NH2+][O-])cc([N+](=O)[O-])c1. The topological polar surface area (TPSA) is 211 Å². The van der Waals surface area contributed by atoms with Crippen LogP contribution in [0.15, 0.2) is 76.1 Å². The summed E-state index contributed by atoms with van der Waals surface area (Å²) in [5.74, 6) is -2.13. The Kier molecular flexibility index (Phi) is 13.0. The smallest absolute Gasteiger partial charge is 0.442 e. The zero-order valence-electron chi connectivity index (χ0n) is 28.8. The van der Waals surface area contributed by atoms with Gasteiger partial charge in [-0.05, 0) is 81.1 Å². The molecule has 0 saturated carbocycles. The predicted octanol–water partition coefficient (Wildman–Crippen LogP) is 6.26. The van der Waals surface area contributed by atoms with E-state index in [1.165, 1.54) is 42.7 Å². The molecule has 284 valence electrons. The van der Waals surface area contributed by atoms with Crippen molar-refractivity contribution in [2.45, 2.75) is 49.9 Å². The van der Waals surface area contributed by atoms with Crippen LogP contribution >= 0.6 is 11.6 Å². The number of non-ortho nitro benzene ring substituents is 1. The summed E-state index contributed by atoms with van der Waals surface area (Å²) in [5.41, 5.74) is -1.73. The molecule has 0 radical (unpaired) electrons. The summed E-state index contributed by atoms with van der Waals surface area (Å²) in [6, 6.07) is 12.1. The summed E-state index contributed by atoms with van der Waals surface area (Å²) >= 11 is 5.91. The highest BCUT2D eigenvalue weighted by atomic mass is 35.5. The Hall–Kier alpha value is -4.82. The van der Waals surface area contributed by atoms with E-state index in [4.69, 9.17) is 21.1 Å². The number of benzene rings is 3. The fourth-order valence-electron chi connectivity index (χ4n) is 4.99. The molecule has 2 N–H and O–H groups in total. The van der Waals surface area contributed by atoms with Gasteiger partial charge in [0, 0.05) is 30.5 Å². The van der Waals surface area contributed by atoms with Crippen LogP contribution in [0.5, 0.6) is 5.75 Å². The quantitative estimate of drug-likeness (QED) is 0.0494. The molecule has 15 nitrogen and oxygen atoms in total. The van der Waals surface area contributed by atoms with Crippen molar-refractivity contribution in [3.63, 3.8) is 0 Å². The number of ether oxygens (including phenoxy) is 2. The zero-order valence-corrected chi connectivity index (χ0v) is 31.2. The third-order valence-electron chi connectivity index (χ3n) is 7.09. The number of amides is 1. The highest BCUT2D eigenvalue weighted by Crippen LogP contribution is 2.37. The van der Waals surface area contributed by atoms with E-state index in [0.717, 1.165) is 34.8 Å². The zero-order chi connectivity index (χ0) is 39.1. The van der Waals surface area contributed by atoms with Crippen molar-refractivity contribution in [2.75, 3.05) is 23.7 Å². The first-order valence-corrected chi connectivity index (χ1v) is 19.6. The number of nitro benzene ring substituents is 1. The molecule has 1 unspecified atom stereocenters. The third kappa shape index (κ3) is 11.1. The number of halogens is 3. The number of sulfonamides is 1. The highest BCUT2D eigenvalue weighted by molar-refractivity contribution is 7.93. The maximum atomic E-state index is 15.0. The number of quaternary nitrogens is 1. The molecular weight excluding hydrogens is 762 g/mol. The van der Waals surface area contributed by atoms with Gasteiger partial charge in [-0.1, -0.05) is 12.1 Å². The number of unbranched alkanes of at least 4 members (excludes halogenated alkanes) is 1. The Labute approximate surface area is 309 Å². The molecule has 3 aromatic carbocycles. The molecule has 0 aliphatic heterocycles. The first-order valence-electron chi connectivity index (χ1n) is 15.7. The lowest BCUT2D eigenvalue weighted by Gasteiger charge is -2.27. The first kappa shape index (κ1) is 40.9. The van der Waals surface area contributed by atoms with Crippen LogP contribution in [0.1, 0.15) is 39.2 Å². The van der Waals surface area contributed by atoms with Gasteiger partial charge in [-0.25, -0.2) is 36.2 Å². The van der Waals surface area contributed by atoms with Crippen molar-refractivity contribution in [3.05, 3.63) is 105 Å². The van der Waals surface area contributed by atoms with Gasteiger partial charge in [-0.3, -0.25) is 14.4 Å². The molecule has 0 fully saturated rings. The summed E-state index contributed by atoms with van der Waals surface area (Å²) < 4.78 is 86.5. The largest absolute Gasteiger partial charge is 0.630 e. The van der Waals surface area contributed by atoms with Crippen molar-refractivity contribution in [2.24, 2.45) is 4.36 Å². The van der Waals surface area contributed by atoms with Gasteiger partial charge in [-0.2, -0.15) is 0 Å². The Morgan fingerprint density at radius 3 is 2.47 bits per heavy atom. The lowest BCUT2D eigenvalue weighted by atomic mass is 10.1. The van der Waals surface area contributed by atoms with E-state index in [9.17, 15) is 41.5 Å². The molecule has 0 spiro atoms. The number of nitrogens with zero attached hydrogens (tertiary/aromatic N) is 5. The van der Waals surface area contributed by atoms with E-state index >= 15 is 0 Å².